The van der Waals surface area contributed by atoms with Gasteiger partial charge in [0.15, 0.2) is 0 Å². The lowest BCUT2D eigenvalue weighted by Crippen LogP contribution is -2.20. The molecule has 4 heteroatoms. The second-order valence-electron chi connectivity index (χ2n) is 4.09. The molecule has 0 amide bonds. The molecule has 1 aliphatic rings. The predicted molar refractivity (Wildman–Crippen MR) is 70.2 cm³/mol. The van der Waals surface area contributed by atoms with E-state index in [9.17, 15) is 0 Å². The summed E-state index contributed by atoms with van der Waals surface area (Å²) >= 11 is 3.66. The summed E-state index contributed by atoms with van der Waals surface area (Å²) in [4.78, 5) is 0.521. The lowest BCUT2D eigenvalue weighted by Gasteiger charge is -2.27. The number of halogens is 1. The van der Waals surface area contributed by atoms with Crippen molar-refractivity contribution >= 4 is 15.9 Å². The Kier molecular flexibility index (Phi) is 4.29. The number of ether oxygens (including phenoxy) is 3. The van der Waals surface area contributed by atoms with Crippen LogP contribution < -0.4 is 9.47 Å². The van der Waals surface area contributed by atoms with Gasteiger partial charge in [-0.2, -0.15) is 0 Å². The molecule has 1 aromatic carbocycles. The Morgan fingerprint density at radius 1 is 1.29 bits per heavy atom. The van der Waals surface area contributed by atoms with Gasteiger partial charge in [-0.1, -0.05) is 15.9 Å². The Bertz CT molecular complexity index is 381. The van der Waals surface area contributed by atoms with Crippen LogP contribution in [0.5, 0.6) is 11.5 Å². The summed E-state index contributed by atoms with van der Waals surface area (Å²) in [5.41, 5.74) is 1.09. The minimum Gasteiger partial charge on any atom is -0.497 e. The van der Waals surface area contributed by atoms with Gasteiger partial charge in [-0.15, -0.1) is 0 Å². The summed E-state index contributed by atoms with van der Waals surface area (Å²) in [6, 6.07) is 5.86. The normalized spacial score (nSPS) is 24.4. The van der Waals surface area contributed by atoms with Crippen LogP contribution in [0.1, 0.15) is 24.5 Å². The van der Waals surface area contributed by atoms with Gasteiger partial charge in [0.05, 0.1) is 20.3 Å². The van der Waals surface area contributed by atoms with Crippen molar-refractivity contribution in [2.75, 3.05) is 20.8 Å². The first-order valence-corrected chi connectivity index (χ1v) is 6.63. The molecule has 1 aromatic rings. The van der Waals surface area contributed by atoms with Gasteiger partial charge in [-0.25, -0.2) is 0 Å². The molecule has 0 unspecified atom stereocenters. The van der Waals surface area contributed by atoms with E-state index >= 15 is 0 Å². The molecule has 0 saturated carbocycles. The second-order valence-corrected chi connectivity index (χ2v) is 5.38. The average Bonchev–Trinajstić information content (AvgIpc) is 2.38. The summed E-state index contributed by atoms with van der Waals surface area (Å²) in [6.07, 6.45) is 2.14. The molecule has 1 heterocycles. The van der Waals surface area contributed by atoms with E-state index in [1.54, 1.807) is 14.2 Å². The molecule has 0 bridgehead atoms. The highest BCUT2D eigenvalue weighted by molar-refractivity contribution is 9.09. The second kappa shape index (κ2) is 5.74. The molecule has 3 nitrogen and oxygen atoms in total. The molecule has 0 N–H and O–H groups in total. The first-order chi connectivity index (χ1) is 8.24. The van der Waals surface area contributed by atoms with E-state index in [0.717, 1.165) is 36.5 Å². The summed E-state index contributed by atoms with van der Waals surface area (Å²) in [5.74, 6) is 1.63. The zero-order valence-electron chi connectivity index (χ0n) is 10.1. The van der Waals surface area contributed by atoms with Crippen LogP contribution in [0.15, 0.2) is 18.2 Å². The Labute approximate surface area is 110 Å². The molecule has 17 heavy (non-hydrogen) atoms. The number of hydrogen-bond donors (Lipinski definition) is 0. The van der Waals surface area contributed by atoms with E-state index in [0.29, 0.717) is 4.83 Å². The highest BCUT2D eigenvalue weighted by Crippen LogP contribution is 2.37. The minimum absolute atomic E-state index is 0.106. The smallest absolute Gasteiger partial charge is 0.128 e. The summed E-state index contributed by atoms with van der Waals surface area (Å²) in [6.45, 7) is 0.787. The summed E-state index contributed by atoms with van der Waals surface area (Å²) in [5, 5.41) is 0. The third-order valence-electron chi connectivity index (χ3n) is 3.01. The maximum absolute atomic E-state index is 5.80. The zero-order chi connectivity index (χ0) is 12.3. The van der Waals surface area contributed by atoms with E-state index in [4.69, 9.17) is 14.2 Å². The topological polar surface area (TPSA) is 27.7 Å². The molecule has 1 saturated heterocycles. The Hall–Kier alpha value is -0.740. The fraction of sp³-hybridized carbons (Fsp3) is 0.538. The van der Waals surface area contributed by atoms with Crippen molar-refractivity contribution in [2.45, 2.75) is 23.8 Å². The lowest BCUT2D eigenvalue weighted by molar-refractivity contribution is 0.0173. The molecule has 0 aromatic heterocycles. The molecular formula is C13H17BrO3. The fourth-order valence-corrected chi connectivity index (χ4v) is 2.58. The third kappa shape index (κ3) is 2.93. The zero-order valence-corrected chi connectivity index (χ0v) is 11.7. The molecule has 2 rings (SSSR count). The SMILES string of the molecule is COc1ccc([C@H]2C[C@@H](Br)CCO2)c(OC)c1. The van der Waals surface area contributed by atoms with Crippen LogP contribution in [-0.4, -0.2) is 25.7 Å². The van der Waals surface area contributed by atoms with Crippen molar-refractivity contribution in [3.05, 3.63) is 23.8 Å². The summed E-state index contributed by atoms with van der Waals surface area (Å²) in [7, 11) is 3.33. The monoisotopic (exact) mass is 300 g/mol. The van der Waals surface area contributed by atoms with Crippen LogP contribution >= 0.6 is 15.9 Å². The highest BCUT2D eigenvalue weighted by atomic mass is 79.9. The standard InChI is InChI=1S/C13H17BrO3/c1-15-10-3-4-11(12(8-10)16-2)13-7-9(14)5-6-17-13/h3-4,8-9,13H,5-7H2,1-2H3/t9-,13+/m0/s1. The van der Waals surface area contributed by atoms with Crippen LogP contribution in [0.2, 0.25) is 0 Å². The van der Waals surface area contributed by atoms with Crippen LogP contribution in [0.25, 0.3) is 0 Å². The third-order valence-corrected chi connectivity index (χ3v) is 3.84. The van der Waals surface area contributed by atoms with Crippen molar-refractivity contribution in [1.29, 1.82) is 0 Å². The molecule has 2 atom stereocenters. The van der Waals surface area contributed by atoms with E-state index in [1.165, 1.54) is 0 Å². The molecule has 94 valence electrons. The minimum atomic E-state index is 0.106. The first-order valence-electron chi connectivity index (χ1n) is 5.72. The molecule has 0 radical (unpaired) electrons. The van der Waals surface area contributed by atoms with E-state index < -0.39 is 0 Å². The van der Waals surface area contributed by atoms with Gasteiger partial charge in [0, 0.05) is 23.1 Å². The van der Waals surface area contributed by atoms with Gasteiger partial charge in [0.25, 0.3) is 0 Å². The van der Waals surface area contributed by atoms with Crippen LogP contribution in [-0.2, 0) is 4.74 Å². The van der Waals surface area contributed by atoms with Crippen molar-refractivity contribution in [3.63, 3.8) is 0 Å². The highest BCUT2D eigenvalue weighted by Gasteiger charge is 2.24. The maximum atomic E-state index is 5.80. The largest absolute Gasteiger partial charge is 0.497 e. The lowest BCUT2D eigenvalue weighted by atomic mass is 10.0. The van der Waals surface area contributed by atoms with E-state index in [2.05, 4.69) is 15.9 Å². The number of rotatable bonds is 3. The van der Waals surface area contributed by atoms with Gasteiger partial charge in [-0.05, 0) is 25.0 Å². The molecule has 0 spiro atoms. The molecule has 1 aliphatic heterocycles. The number of benzene rings is 1. The number of methoxy groups -OCH3 is 2. The predicted octanol–water partition coefficient (Wildman–Crippen LogP) is 3.32. The number of alkyl halides is 1. The summed E-state index contributed by atoms with van der Waals surface area (Å²) < 4.78 is 16.4. The van der Waals surface area contributed by atoms with E-state index in [1.807, 2.05) is 18.2 Å². The van der Waals surface area contributed by atoms with Crippen molar-refractivity contribution in [3.8, 4) is 11.5 Å². The molecule has 0 aliphatic carbocycles. The number of hydrogen-bond acceptors (Lipinski definition) is 3. The van der Waals surface area contributed by atoms with Gasteiger partial charge in [-0.3, -0.25) is 0 Å². The Balaban J connectivity index is 2.24. The Morgan fingerprint density at radius 3 is 2.76 bits per heavy atom. The van der Waals surface area contributed by atoms with Crippen molar-refractivity contribution in [1.82, 2.24) is 0 Å². The fourth-order valence-electron chi connectivity index (χ4n) is 2.06. The molecular weight excluding hydrogens is 284 g/mol. The molecule has 1 fully saturated rings. The van der Waals surface area contributed by atoms with Gasteiger partial charge in [0.2, 0.25) is 0 Å². The first kappa shape index (κ1) is 12.7. The van der Waals surface area contributed by atoms with Crippen molar-refractivity contribution < 1.29 is 14.2 Å². The van der Waals surface area contributed by atoms with Crippen LogP contribution in [0.4, 0.5) is 0 Å². The van der Waals surface area contributed by atoms with Gasteiger partial charge >= 0.3 is 0 Å². The van der Waals surface area contributed by atoms with E-state index in [-0.39, 0.29) is 6.10 Å². The van der Waals surface area contributed by atoms with Gasteiger partial charge < -0.3 is 14.2 Å². The van der Waals surface area contributed by atoms with Crippen LogP contribution in [0.3, 0.4) is 0 Å². The Morgan fingerprint density at radius 2 is 2.12 bits per heavy atom. The average molecular weight is 301 g/mol. The quantitative estimate of drug-likeness (QED) is 0.802. The van der Waals surface area contributed by atoms with Crippen molar-refractivity contribution in [2.24, 2.45) is 0 Å². The van der Waals surface area contributed by atoms with Gasteiger partial charge in [0.1, 0.15) is 11.5 Å². The maximum Gasteiger partial charge on any atom is 0.128 e. The van der Waals surface area contributed by atoms with Crippen LogP contribution in [0, 0.1) is 0 Å².